The monoisotopic (exact) mass is 399 g/mol. The minimum absolute atomic E-state index is 0.0440. The van der Waals surface area contributed by atoms with Crippen molar-refractivity contribution >= 4 is 31.6 Å². The summed E-state index contributed by atoms with van der Waals surface area (Å²) in [6, 6.07) is 10.0. The molecule has 0 radical (unpaired) electrons. The first-order valence-corrected chi connectivity index (χ1v) is 9.19. The summed E-state index contributed by atoms with van der Waals surface area (Å²) in [6.45, 7) is 3.81. The third-order valence-electron chi connectivity index (χ3n) is 3.50. The summed E-state index contributed by atoms with van der Waals surface area (Å²) in [6.07, 6.45) is 0. The van der Waals surface area contributed by atoms with Crippen molar-refractivity contribution in [3.63, 3.8) is 0 Å². The number of halogens is 2. The van der Waals surface area contributed by atoms with Crippen LogP contribution in [-0.2, 0) is 10.0 Å². The summed E-state index contributed by atoms with van der Waals surface area (Å²) in [5, 5.41) is 0. The van der Waals surface area contributed by atoms with Crippen LogP contribution >= 0.6 is 15.9 Å². The number of nitrogens with zero attached hydrogens (tertiary/aromatic N) is 1. The van der Waals surface area contributed by atoms with Crippen LogP contribution in [0.15, 0.2) is 51.8 Å². The number of fused-ring (bicyclic) bond motifs is 1. The molecule has 122 valence electrons. The van der Waals surface area contributed by atoms with E-state index in [0.717, 1.165) is 16.6 Å². The van der Waals surface area contributed by atoms with Gasteiger partial charge < -0.3 is 4.74 Å². The van der Waals surface area contributed by atoms with Crippen LogP contribution in [0, 0.1) is 5.82 Å². The minimum atomic E-state index is -3.81. The van der Waals surface area contributed by atoms with Crippen molar-refractivity contribution in [2.45, 2.75) is 24.3 Å². The zero-order chi connectivity index (χ0) is 16.8. The second kappa shape index (κ2) is 5.49. The van der Waals surface area contributed by atoms with Crippen LogP contribution in [0.25, 0.3) is 0 Å². The Kier molecular flexibility index (Phi) is 3.88. The number of ether oxygens (including phenoxy) is 1. The van der Waals surface area contributed by atoms with Gasteiger partial charge in [0.05, 0.1) is 17.1 Å². The van der Waals surface area contributed by atoms with E-state index < -0.39 is 21.4 Å². The van der Waals surface area contributed by atoms with Crippen LogP contribution in [0.2, 0.25) is 0 Å². The Morgan fingerprint density at radius 1 is 1.17 bits per heavy atom. The molecular formula is C16H15BrFNO3S. The molecule has 2 aromatic carbocycles. The Labute approximate surface area is 143 Å². The lowest BCUT2D eigenvalue weighted by atomic mass is 10.1. The maximum atomic E-state index is 13.1. The number of hydrogen-bond acceptors (Lipinski definition) is 3. The summed E-state index contributed by atoms with van der Waals surface area (Å²) in [5.74, 6) is 0.0181. The van der Waals surface area contributed by atoms with E-state index in [1.165, 1.54) is 16.4 Å². The van der Waals surface area contributed by atoms with Crippen molar-refractivity contribution < 1.29 is 17.5 Å². The molecule has 0 aliphatic carbocycles. The van der Waals surface area contributed by atoms with Crippen LogP contribution < -0.4 is 9.04 Å². The molecular weight excluding hydrogens is 385 g/mol. The quantitative estimate of drug-likeness (QED) is 0.767. The number of rotatable bonds is 2. The highest BCUT2D eigenvalue weighted by Crippen LogP contribution is 2.41. The van der Waals surface area contributed by atoms with Gasteiger partial charge in [0.25, 0.3) is 10.0 Å². The normalized spacial score (nSPS) is 16.6. The van der Waals surface area contributed by atoms with Gasteiger partial charge in [-0.3, -0.25) is 4.31 Å². The summed E-state index contributed by atoms with van der Waals surface area (Å²) in [7, 11) is -3.81. The molecule has 0 saturated carbocycles. The standard InChI is InChI=1S/C16H15BrFNO3S/c1-16(2)10-19(14-9-11(17)3-8-15(14)22-16)23(20,21)13-6-4-12(18)5-7-13/h3-9H,10H2,1-2H3. The molecule has 4 nitrogen and oxygen atoms in total. The Balaban J connectivity index is 2.15. The number of hydrogen-bond donors (Lipinski definition) is 0. The molecule has 0 bridgehead atoms. The Morgan fingerprint density at radius 3 is 2.48 bits per heavy atom. The molecule has 0 N–H and O–H groups in total. The van der Waals surface area contributed by atoms with Crippen molar-refractivity contribution in [2.24, 2.45) is 0 Å². The maximum Gasteiger partial charge on any atom is 0.264 e. The van der Waals surface area contributed by atoms with Gasteiger partial charge in [-0.05, 0) is 56.3 Å². The van der Waals surface area contributed by atoms with E-state index in [1.54, 1.807) is 18.2 Å². The smallest absolute Gasteiger partial charge is 0.264 e. The lowest BCUT2D eigenvalue weighted by molar-refractivity contribution is 0.110. The van der Waals surface area contributed by atoms with Crippen LogP contribution in [0.4, 0.5) is 10.1 Å². The van der Waals surface area contributed by atoms with Crippen molar-refractivity contribution in [3.05, 3.63) is 52.8 Å². The van der Waals surface area contributed by atoms with Gasteiger partial charge >= 0.3 is 0 Å². The fourth-order valence-corrected chi connectivity index (χ4v) is 4.45. The van der Waals surface area contributed by atoms with Crippen LogP contribution in [0.5, 0.6) is 5.75 Å². The molecule has 0 atom stereocenters. The lowest BCUT2D eigenvalue weighted by Gasteiger charge is -2.40. The topological polar surface area (TPSA) is 46.6 Å². The summed E-state index contributed by atoms with van der Waals surface area (Å²) < 4.78 is 47.0. The van der Waals surface area contributed by atoms with E-state index in [0.29, 0.717) is 11.4 Å². The van der Waals surface area contributed by atoms with Crippen LogP contribution in [0.3, 0.4) is 0 Å². The van der Waals surface area contributed by atoms with E-state index >= 15 is 0 Å². The predicted octanol–water partition coefficient (Wildman–Crippen LogP) is 3.95. The highest BCUT2D eigenvalue weighted by Gasteiger charge is 2.38. The van der Waals surface area contributed by atoms with Gasteiger partial charge in [0, 0.05) is 4.47 Å². The molecule has 0 spiro atoms. The zero-order valence-corrected chi connectivity index (χ0v) is 15.0. The summed E-state index contributed by atoms with van der Waals surface area (Å²) in [5.41, 5.74) is -0.212. The average molecular weight is 400 g/mol. The second-order valence-electron chi connectivity index (χ2n) is 5.94. The number of sulfonamides is 1. The molecule has 1 aliphatic rings. The molecule has 0 amide bonds. The third kappa shape index (κ3) is 3.07. The maximum absolute atomic E-state index is 13.1. The number of anilines is 1. The fourth-order valence-electron chi connectivity index (χ4n) is 2.48. The highest BCUT2D eigenvalue weighted by atomic mass is 79.9. The van der Waals surface area contributed by atoms with E-state index in [4.69, 9.17) is 4.74 Å². The zero-order valence-electron chi connectivity index (χ0n) is 12.6. The van der Waals surface area contributed by atoms with Gasteiger partial charge in [0.1, 0.15) is 17.2 Å². The van der Waals surface area contributed by atoms with Crippen LogP contribution in [0.1, 0.15) is 13.8 Å². The number of benzene rings is 2. The van der Waals surface area contributed by atoms with E-state index in [2.05, 4.69) is 15.9 Å². The van der Waals surface area contributed by atoms with Crippen molar-refractivity contribution in [3.8, 4) is 5.75 Å². The van der Waals surface area contributed by atoms with Gasteiger partial charge in [-0.15, -0.1) is 0 Å². The molecule has 0 aromatic heterocycles. The molecule has 1 aliphatic heterocycles. The van der Waals surface area contributed by atoms with Crippen molar-refractivity contribution in [1.82, 2.24) is 0 Å². The summed E-state index contributed by atoms with van der Waals surface area (Å²) >= 11 is 3.35. The van der Waals surface area contributed by atoms with Gasteiger partial charge in [0.15, 0.2) is 0 Å². The molecule has 1 heterocycles. The molecule has 0 unspecified atom stereocenters. The second-order valence-corrected chi connectivity index (χ2v) is 8.72. The van der Waals surface area contributed by atoms with Gasteiger partial charge in [0.2, 0.25) is 0 Å². The average Bonchev–Trinajstić information content (AvgIpc) is 2.47. The molecule has 2 aromatic rings. The molecule has 0 fully saturated rings. The van der Waals surface area contributed by atoms with Gasteiger partial charge in [-0.1, -0.05) is 15.9 Å². The first-order valence-electron chi connectivity index (χ1n) is 6.96. The Morgan fingerprint density at radius 2 is 1.83 bits per heavy atom. The fraction of sp³-hybridized carbons (Fsp3) is 0.250. The molecule has 23 heavy (non-hydrogen) atoms. The van der Waals surface area contributed by atoms with Crippen LogP contribution in [-0.4, -0.2) is 20.6 Å². The molecule has 7 heteroatoms. The molecule has 3 rings (SSSR count). The van der Waals surface area contributed by atoms with Gasteiger partial charge in [-0.2, -0.15) is 0 Å². The van der Waals surface area contributed by atoms with E-state index in [1.807, 2.05) is 13.8 Å². The minimum Gasteiger partial charge on any atom is -0.484 e. The SMILES string of the molecule is CC1(C)CN(S(=O)(=O)c2ccc(F)cc2)c2cc(Br)ccc2O1. The van der Waals surface area contributed by atoms with E-state index in [-0.39, 0.29) is 11.4 Å². The first kappa shape index (κ1) is 16.3. The Hall–Kier alpha value is -1.60. The van der Waals surface area contributed by atoms with E-state index in [9.17, 15) is 12.8 Å². The van der Waals surface area contributed by atoms with Crippen molar-refractivity contribution in [1.29, 1.82) is 0 Å². The predicted molar refractivity (Wildman–Crippen MR) is 89.8 cm³/mol. The van der Waals surface area contributed by atoms with Gasteiger partial charge in [-0.25, -0.2) is 12.8 Å². The van der Waals surface area contributed by atoms with Crippen molar-refractivity contribution in [2.75, 3.05) is 10.8 Å². The Bertz CT molecular complexity index is 850. The first-order chi connectivity index (χ1) is 10.7. The summed E-state index contributed by atoms with van der Waals surface area (Å²) in [4.78, 5) is 0.0440. The third-order valence-corrected chi connectivity index (χ3v) is 5.77. The highest BCUT2D eigenvalue weighted by molar-refractivity contribution is 9.10. The lowest BCUT2D eigenvalue weighted by Crippen LogP contribution is -2.49. The molecule has 0 saturated heterocycles. The largest absolute Gasteiger partial charge is 0.484 e.